The van der Waals surface area contributed by atoms with E-state index in [1.807, 2.05) is 26.0 Å². The minimum Gasteiger partial charge on any atom is -0.387 e. The number of rotatable bonds is 7. The molecule has 24 heavy (non-hydrogen) atoms. The lowest BCUT2D eigenvalue weighted by molar-refractivity contribution is -0.116. The molecule has 6 heteroatoms. The van der Waals surface area contributed by atoms with Gasteiger partial charge in [-0.2, -0.15) is 0 Å². The number of aliphatic hydroxyl groups is 1. The van der Waals surface area contributed by atoms with Crippen LogP contribution in [0.1, 0.15) is 30.6 Å². The molecule has 2 rings (SSSR count). The van der Waals surface area contributed by atoms with Crippen molar-refractivity contribution < 1.29 is 9.90 Å². The first-order chi connectivity index (χ1) is 11.5. The van der Waals surface area contributed by atoms with E-state index in [-0.39, 0.29) is 11.9 Å². The predicted molar refractivity (Wildman–Crippen MR) is 96.1 cm³/mol. The molecule has 1 aromatic carbocycles. The summed E-state index contributed by atoms with van der Waals surface area (Å²) in [5.41, 5.74) is 2.44. The molecule has 0 fully saturated rings. The third kappa shape index (κ3) is 5.60. The van der Waals surface area contributed by atoms with Crippen LogP contribution in [0.25, 0.3) is 0 Å². The number of amides is 1. The van der Waals surface area contributed by atoms with Crippen molar-refractivity contribution in [3.05, 3.63) is 58.9 Å². The van der Waals surface area contributed by atoms with Crippen LogP contribution in [0.5, 0.6) is 0 Å². The van der Waals surface area contributed by atoms with E-state index in [2.05, 4.69) is 15.6 Å². The molecule has 2 atom stereocenters. The van der Waals surface area contributed by atoms with Crippen LogP contribution in [0.15, 0.2) is 42.7 Å². The Balaban J connectivity index is 1.78. The molecule has 0 radical (unpaired) electrons. The second kappa shape index (κ2) is 8.78. The van der Waals surface area contributed by atoms with Crippen LogP contribution in [0.2, 0.25) is 5.02 Å². The van der Waals surface area contributed by atoms with E-state index in [4.69, 9.17) is 11.6 Å². The van der Waals surface area contributed by atoms with E-state index in [0.717, 1.165) is 11.1 Å². The molecule has 1 heterocycles. The molecule has 0 aliphatic carbocycles. The Kier molecular flexibility index (Phi) is 6.73. The number of carbonyl (C=O) groups is 1. The number of aromatic nitrogens is 1. The quantitative estimate of drug-likeness (QED) is 0.719. The summed E-state index contributed by atoms with van der Waals surface area (Å²) in [5.74, 6) is -0.103. The largest absolute Gasteiger partial charge is 0.387 e. The topological polar surface area (TPSA) is 74.2 Å². The van der Waals surface area contributed by atoms with Gasteiger partial charge in [-0.05, 0) is 49.2 Å². The summed E-state index contributed by atoms with van der Waals surface area (Å²) in [7, 11) is 0. The van der Waals surface area contributed by atoms with E-state index in [0.29, 0.717) is 23.7 Å². The lowest BCUT2D eigenvalue weighted by Crippen LogP contribution is -2.33. The van der Waals surface area contributed by atoms with Crippen LogP contribution in [-0.4, -0.2) is 28.6 Å². The highest BCUT2D eigenvalue weighted by molar-refractivity contribution is 6.31. The third-order valence-corrected chi connectivity index (χ3v) is 4.10. The van der Waals surface area contributed by atoms with E-state index < -0.39 is 6.10 Å². The van der Waals surface area contributed by atoms with Crippen molar-refractivity contribution in [3.63, 3.8) is 0 Å². The van der Waals surface area contributed by atoms with Crippen LogP contribution in [0, 0.1) is 6.92 Å². The van der Waals surface area contributed by atoms with Gasteiger partial charge in [-0.25, -0.2) is 0 Å². The number of anilines is 1. The number of nitrogens with zero attached hydrogens (tertiary/aromatic N) is 1. The molecule has 3 N–H and O–H groups in total. The number of carbonyl (C=O) groups excluding carboxylic acids is 1. The van der Waals surface area contributed by atoms with E-state index in [1.54, 1.807) is 30.6 Å². The maximum atomic E-state index is 12.1. The smallest absolute Gasteiger partial charge is 0.225 e. The molecule has 0 aliphatic heterocycles. The van der Waals surface area contributed by atoms with Crippen molar-refractivity contribution >= 4 is 23.2 Å². The first-order valence-corrected chi connectivity index (χ1v) is 8.21. The fourth-order valence-electron chi connectivity index (χ4n) is 2.25. The SMILES string of the molecule is Cc1ccc(NC(=O)CC(C)NCC(O)c2ccncc2)cc1Cl. The first-order valence-electron chi connectivity index (χ1n) is 7.83. The molecule has 0 aliphatic rings. The Hall–Kier alpha value is -1.95. The fraction of sp³-hybridized carbons (Fsp3) is 0.333. The highest BCUT2D eigenvalue weighted by Crippen LogP contribution is 2.20. The van der Waals surface area contributed by atoms with E-state index >= 15 is 0 Å². The van der Waals surface area contributed by atoms with Crippen LogP contribution in [-0.2, 0) is 4.79 Å². The van der Waals surface area contributed by atoms with Crippen molar-refractivity contribution in [2.45, 2.75) is 32.4 Å². The molecule has 128 valence electrons. The zero-order valence-corrected chi connectivity index (χ0v) is 14.5. The molecule has 0 saturated heterocycles. The number of halogens is 1. The van der Waals surface area contributed by atoms with Crippen molar-refractivity contribution in [2.75, 3.05) is 11.9 Å². The summed E-state index contributed by atoms with van der Waals surface area (Å²) < 4.78 is 0. The molecular formula is C18H22ClN3O2. The number of pyridine rings is 1. The number of benzene rings is 1. The molecule has 0 spiro atoms. The van der Waals surface area contributed by atoms with Crippen LogP contribution in [0.4, 0.5) is 5.69 Å². The summed E-state index contributed by atoms with van der Waals surface area (Å²) in [6, 6.07) is 8.90. The maximum absolute atomic E-state index is 12.1. The average molecular weight is 348 g/mol. The van der Waals surface area contributed by atoms with Crippen LogP contribution >= 0.6 is 11.6 Å². The number of aryl methyl sites for hydroxylation is 1. The fourth-order valence-corrected chi connectivity index (χ4v) is 2.43. The standard InChI is InChI=1S/C18H22ClN3O2/c1-12-3-4-15(10-16(12)19)22-18(24)9-13(2)21-11-17(23)14-5-7-20-8-6-14/h3-8,10,13,17,21,23H,9,11H2,1-2H3,(H,22,24). The zero-order valence-electron chi connectivity index (χ0n) is 13.8. The van der Waals surface area contributed by atoms with Gasteiger partial charge in [0.1, 0.15) is 0 Å². The first kappa shape index (κ1) is 18.4. The Bertz CT molecular complexity index is 679. The summed E-state index contributed by atoms with van der Waals surface area (Å²) in [4.78, 5) is 16.0. The highest BCUT2D eigenvalue weighted by atomic mass is 35.5. The molecule has 0 saturated carbocycles. The molecule has 0 bridgehead atoms. The summed E-state index contributed by atoms with van der Waals surface area (Å²) in [6.07, 6.45) is 2.95. The number of hydrogen-bond acceptors (Lipinski definition) is 4. The lowest BCUT2D eigenvalue weighted by Gasteiger charge is -2.17. The second-order valence-corrected chi connectivity index (χ2v) is 6.23. The zero-order chi connectivity index (χ0) is 17.5. The van der Waals surface area contributed by atoms with Crippen molar-refractivity contribution in [3.8, 4) is 0 Å². The third-order valence-electron chi connectivity index (χ3n) is 3.70. The predicted octanol–water partition coefficient (Wildman–Crippen LogP) is 3.08. The minimum absolute atomic E-state index is 0.0672. The number of nitrogens with one attached hydrogen (secondary N) is 2. The Labute approximate surface area is 147 Å². The van der Waals surface area contributed by atoms with Crippen molar-refractivity contribution in [1.29, 1.82) is 0 Å². The maximum Gasteiger partial charge on any atom is 0.225 e. The Morgan fingerprint density at radius 1 is 1.29 bits per heavy atom. The summed E-state index contributed by atoms with van der Waals surface area (Å²) in [5, 5.41) is 16.7. The van der Waals surface area contributed by atoms with Crippen molar-refractivity contribution in [2.24, 2.45) is 0 Å². The molecular weight excluding hydrogens is 326 g/mol. The van der Waals surface area contributed by atoms with Gasteiger partial charge >= 0.3 is 0 Å². The molecule has 2 unspecified atom stereocenters. The van der Waals surface area contributed by atoms with Gasteiger partial charge in [0.2, 0.25) is 5.91 Å². The number of aliphatic hydroxyl groups excluding tert-OH is 1. The van der Waals surface area contributed by atoms with Gasteiger partial charge < -0.3 is 15.7 Å². The van der Waals surface area contributed by atoms with Crippen molar-refractivity contribution in [1.82, 2.24) is 10.3 Å². The van der Waals surface area contributed by atoms with Crippen LogP contribution in [0.3, 0.4) is 0 Å². The highest BCUT2D eigenvalue weighted by Gasteiger charge is 2.12. The lowest BCUT2D eigenvalue weighted by atomic mass is 10.1. The van der Waals surface area contributed by atoms with Gasteiger partial charge in [0.25, 0.3) is 0 Å². The number of hydrogen-bond donors (Lipinski definition) is 3. The average Bonchev–Trinajstić information content (AvgIpc) is 2.56. The minimum atomic E-state index is -0.630. The molecule has 5 nitrogen and oxygen atoms in total. The van der Waals surface area contributed by atoms with E-state index in [9.17, 15) is 9.90 Å². The molecule has 1 aromatic heterocycles. The van der Waals surface area contributed by atoms with Gasteiger partial charge in [-0.1, -0.05) is 17.7 Å². The van der Waals surface area contributed by atoms with Gasteiger partial charge in [0.15, 0.2) is 0 Å². The van der Waals surface area contributed by atoms with Gasteiger partial charge in [-0.15, -0.1) is 0 Å². The normalized spacial score (nSPS) is 13.3. The molecule has 2 aromatic rings. The van der Waals surface area contributed by atoms with Crippen LogP contribution < -0.4 is 10.6 Å². The Morgan fingerprint density at radius 2 is 2.00 bits per heavy atom. The molecule has 1 amide bonds. The summed E-state index contributed by atoms with van der Waals surface area (Å²) >= 11 is 6.05. The van der Waals surface area contributed by atoms with Gasteiger partial charge in [0, 0.05) is 42.1 Å². The second-order valence-electron chi connectivity index (χ2n) is 5.82. The monoisotopic (exact) mass is 347 g/mol. The Morgan fingerprint density at radius 3 is 2.67 bits per heavy atom. The van der Waals surface area contributed by atoms with E-state index in [1.165, 1.54) is 0 Å². The van der Waals surface area contributed by atoms with Gasteiger partial charge in [-0.3, -0.25) is 9.78 Å². The van der Waals surface area contributed by atoms with Gasteiger partial charge in [0.05, 0.1) is 6.10 Å². The summed E-state index contributed by atoms with van der Waals surface area (Å²) in [6.45, 7) is 4.18.